The van der Waals surface area contributed by atoms with Gasteiger partial charge in [0.15, 0.2) is 10.7 Å². The summed E-state index contributed by atoms with van der Waals surface area (Å²) in [6, 6.07) is 4.47. The topological polar surface area (TPSA) is 91.4 Å². The zero-order valence-electron chi connectivity index (χ0n) is 17.0. The molecule has 5 rings (SSSR count). The van der Waals surface area contributed by atoms with Gasteiger partial charge in [0.25, 0.3) is 11.5 Å². The lowest BCUT2D eigenvalue weighted by Gasteiger charge is -2.37. The van der Waals surface area contributed by atoms with Crippen molar-refractivity contribution >= 4 is 28.1 Å². The van der Waals surface area contributed by atoms with Gasteiger partial charge in [-0.05, 0) is 25.0 Å². The Kier molecular flexibility index (Phi) is 5.33. The van der Waals surface area contributed by atoms with Gasteiger partial charge in [-0.2, -0.15) is 0 Å². The van der Waals surface area contributed by atoms with E-state index in [1.165, 1.54) is 17.6 Å². The van der Waals surface area contributed by atoms with Gasteiger partial charge in [-0.1, -0.05) is 0 Å². The summed E-state index contributed by atoms with van der Waals surface area (Å²) in [6.45, 7) is 3.75. The standard InChI is InChI=1S/C21H23N5O4S/c27-18-13-15(22-21-26(18)10-12-31-21)14-23-6-8-24(9-7-23)19(28)16-3-1-5-25(16)20(29)17-4-2-11-30-17/h2,4,10-13,16H,1,3,5-9,14H2/t16-/m0/s1. The summed E-state index contributed by atoms with van der Waals surface area (Å²) in [5.74, 6) is 0.0601. The van der Waals surface area contributed by atoms with Crippen LogP contribution in [0.3, 0.4) is 0 Å². The van der Waals surface area contributed by atoms with Crippen LogP contribution in [0.2, 0.25) is 0 Å². The van der Waals surface area contributed by atoms with E-state index < -0.39 is 6.04 Å². The molecule has 3 aromatic rings. The molecule has 5 heterocycles. The van der Waals surface area contributed by atoms with Crippen LogP contribution in [0.15, 0.2) is 45.3 Å². The monoisotopic (exact) mass is 441 g/mol. The third-order valence-electron chi connectivity index (χ3n) is 5.96. The average molecular weight is 442 g/mol. The number of furan rings is 1. The van der Waals surface area contributed by atoms with Crippen molar-refractivity contribution < 1.29 is 14.0 Å². The molecule has 10 heteroatoms. The van der Waals surface area contributed by atoms with Gasteiger partial charge < -0.3 is 14.2 Å². The van der Waals surface area contributed by atoms with Crippen LogP contribution in [0.5, 0.6) is 0 Å². The van der Waals surface area contributed by atoms with E-state index in [2.05, 4.69) is 9.88 Å². The van der Waals surface area contributed by atoms with E-state index in [4.69, 9.17) is 4.42 Å². The van der Waals surface area contributed by atoms with Gasteiger partial charge in [0.2, 0.25) is 5.91 Å². The molecular weight excluding hydrogens is 418 g/mol. The van der Waals surface area contributed by atoms with Crippen molar-refractivity contribution in [1.29, 1.82) is 0 Å². The number of aromatic nitrogens is 2. The molecule has 31 heavy (non-hydrogen) atoms. The summed E-state index contributed by atoms with van der Waals surface area (Å²) >= 11 is 1.44. The fourth-order valence-corrected chi connectivity index (χ4v) is 5.08. The highest BCUT2D eigenvalue weighted by Gasteiger charge is 2.38. The van der Waals surface area contributed by atoms with E-state index >= 15 is 0 Å². The number of thiazole rings is 1. The lowest BCUT2D eigenvalue weighted by Crippen LogP contribution is -2.54. The number of fused-ring (bicyclic) bond motifs is 1. The maximum atomic E-state index is 13.1. The maximum absolute atomic E-state index is 13.1. The normalized spacial score (nSPS) is 19.9. The van der Waals surface area contributed by atoms with E-state index in [-0.39, 0.29) is 23.1 Å². The molecule has 0 N–H and O–H groups in total. The summed E-state index contributed by atoms with van der Waals surface area (Å²) in [7, 11) is 0. The predicted octanol–water partition coefficient (Wildman–Crippen LogP) is 1.30. The molecule has 3 aromatic heterocycles. The molecule has 0 saturated carbocycles. The van der Waals surface area contributed by atoms with Gasteiger partial charge in [-0.3, -0.25) is 23.7 Å². The summed E-state index contributed by atoms with van der Waals surface area (Å²) in [4.78, 5) is 49.0. The van der Waals surface area contributed by atoms with Gasteiger partial charge in [-0.25, -0.2) is 4.98 Å². The Morgan fingerprint density at radius 2 is 2.03 bits per heavy atom. The number of rotatable bonds is 4. The first-order chi connectivity index (χ1) is 15.1. The Morgan fingerprint density at radius 3 is 2.81 bits per heavy atom. The van der Waals surface area contributed by atoms with E-state index in [0.29, 0.717) is 50.7 Å². The Balaban J connectivity index is 1.20. The van der Waals surface area contributed by atoms with Crippen LogP contribution < -0.4 is 5.56 Å². The van der Waals surface area contributed by atoms with Crippen molar-refractivity contribution in [3.63, 3.8) is 0 Å². The highest BCUT2D eigenvalue weighted by atomic mass is 32.1. The molecular formula is C21H23N5O4S. The lowest BCUT2D eigenvalue weighted by molar-refractivity contribution is -0.137. The quantitative estimate of drug-likeness (QED) is 0.606. The molecule has 0 unspecified atom stereocenters. The van der Waals surface area contributed by atoms with Gasteiger partial charge >= 0.3 is 0 Å². The summed E-state index contributed by atoms with van der Waals surface area (Å²) in [5.41, 5.74) is 0.677. The molecule has 0 radical (unpaired) electrons. The third kappa shape index (κ3) is 3.88. The second-order valence-corrected chi connectivity index (χ2v) is 8.75. The SMILES string of the molecule is O=C([C@@H]1CCCN1C(=O)c1ccco1)N1CCN(Cc2cc(=O)n3ccsc3n2)CC1. The van der Waals surface area contributed by atoms with Crippen molar-refractivity contribution in [3.05, 3.63) is 57.8 Å². The number of likely N-dealkylation sites (tertiary alicyclic amines) is 1. The molecule has 2 fully saturated rings. The van der Waals surface area contributed by atoms with E-state index in [9.17, 15) is 14.4 Å². The van der Waals surface area contributed by atoms with Gasteiger partial charge in [0.1, 0.15) is 6.04 Å². The molecule has 0 aromatic carbocycles. The van der Waals surface area contributed by atoms with Crippen LogP contribution in [-0.4, -0.2) is 74.7 Å². The molecule has 2 amide bonds. The summed E-state index contributed by atoms with van der Waals surface area (Å²) in [5, 5.41) is 1.85. The van der Waals surface area contributed by atoms with Crippen LogP contribution in [0, 0.1) is 0 Å². The molecule has 0 spiro atoms. The largest absolute Gasteiger partial charge is 0.459 e. The van der Waals surface area contributed by atoms with Crippen LogP contribution in [0.4, 0.5) is 0 Å². The number of nitrogens with zero attached hydrogens (tertiary/aromatic N) is 5. The highest BCUT2D eigenvalue weighted by molar-refractivity contribution is 7.15. The van der Waals surface area contributed by atoms with Crippen LogP contribution in [0.1, 0.15) is 29.1 Å². The minimum absolute atomic E-state index is 0.00781. The van der Waals surface area contributed by atoms with Crippen molar-refractivity contribution in [2.24, 2.45) is 0 Å². The van der Waals surface area contributed by atoms with Crippen LogP contribution in [-0.2, 0) is 11.3 Å². The maximum Gasteiger partial charge on any atom is 0.290 e. The second-order valence-electron chi connectivity index (χ2n) is 7.88. The number of carbonyl (C=O) groups excluding carboxylic acids is 2. The molecule has 9 nitrogen and oxygen atoms in total. The number of hydrogen-bond donors (Lipinski definition) is 0. The van der Waals surface area contributed by atoms with Gasteiger partial charge in [0.05, 0.1) is 12.0 Å². The first-order valence-electron chi connectivity index (χ1n) is 10.4. The lowest BCUT2D eigenvalue weighted by atomic mass is 10.1. The smallest absolute Gasteiger partial charge is 0.290 e. The van der Waals surface area contributed by atoms with E-state index in [1.54, 1.807) is 33.7 Å². The minimum Gasteiger partial charge on any atom is -0.459 e. The zero-order valence-corrected chi connectivity index (χ0v) is 17.8. The van der Waals surface area contributed by atoms with Crippen molar-refractivity contribution in [2.45, 2.75) is 25.4 Å². The minimum atomic E-state index is -0.424. The first-order valence-corrected chi connectivity index (χ1v) is 11.3. The first kappa shape index (κ1) is 20.0. The van der Waals surface area contributed by atoms with Crippen LogP contribution in [0.25, 0.3) is 4.96 Å². The molecule has 2 saturated heterocycles. The second kappa shape index (κ2) is 8.27. The molecule has 0 bridgehead atoms. The summed E-state index contributed by atoms with van der Waals surface area (Å²) < 4.78 is 6.77. The number of piperazine rings is 1. The van der Waals surface area contributed by atoms with Gasteiger partial charge in [0, 0.05) is 56.9 Å². The highest BCUT2D eigenvalue weighted by Crippen LogP contribution is 2.23. The van der Waals surface area contributed by atoms with E-state index in [1.807, 2.05) is 10.3 Å². The fourth-order valence-electron chi connectivity index (χ4n) is 4.34. The number of amides is 2. The molecule has 2 aliphatic rings. The Labute approximate surface area is 182 Å². The summed E-state index contributed by atoms with van der Waals surface area (Å²) in [6.07, 6.45) is 4.70. The Hall–Kier alpha value is -2.98. The average Bonchev–Trinajstić information content (AvgIpc) is 3.54. The third-order valence-corrected chi connectivity index (χ3v) is 6.71. The molecule has 0 aliphatic carbocycles. The van der Waals surface area contributed by atoms with Crippen molar-refractivity contribution in [1.82, 2.24) is 24.1 Å². The molecule has 1 atom stereocenters. The van der Waals surface area contributed by atoms with E-state index in [0.717, 1.165) is 12.1 Å². The molecule has 2 aliphatic heterocycles. The fraction of sp³-hybridized carbons (Fsp3) is 0.429. The zero-order chi connectivity index (χ0) is 21.4. The van der Waals surface area contributed by atoms with Crippen LogP contribution >= 0.6 is 11.3 Å². The van der Waals surface area contributed by atoms with Gasteiger partial charge in [-0.15, -0.1) is 11.3 Å². The predicted molar refractivity (Wildman–Crippen MR) is 114 cm³/mol. The Bertz CT molecular complexity index is 1150. The molecule has 162 valence electrons. The number of hydrogen-bond acceptors (Lipinski definition) is 7. The number of carbonyl (C=O) groups is 2. The van der Waals surface area contributed by atoms with Crippen molar-refractivity contribution in [2.75, 3.05) is 32.7 Å². The van der Waals surface area contributed by atoms with Crippen molar-refractivity contribution in [3.8, 4) is 0 Å². The Morgan fingerprint density at radius 1 is 1.19 bits per heavy atom.